The average Bonchev–Trinajstić information content (AvgIpc) is 2.55. The highest BCUT2D eigenvalue weighted by Gasteiger charge is 2.01. The largest absolute Gasteiger partial charge is 0.497 e. The first-order valence-electron chi connectivity index (χ1n) is 6.38. The van der Waals surface area contributed by atoms with Gasteiger partial charge in [0.05, 0.1) is 18.2 Å². The molecule has 106 valence electrons. The zero-order valence-corrected chi connectivity index (χ0v) is 11.6. The first-order valence-corrected chi connectivity index (χ1v) is 6.38. The lowest BCUT2D eigenvalue weighted by atomic mass is 10.2. The van der Waals surface area contributed by atoms with Gasteiger partial charge in [0.25, 0.3) is 0 Å². The van der Waals surface area contributed by atoms with E-state index in [1.165, 1.54) is 24.6 Å². The molecule has 0 spiro atoms. The molecule has 0 amide bonds. The molecule has 1 aromatic heterocycles. The Morgan fingerprint density at radius 1 is 1.05 bits per heavy atom. The molecule has 0 aliphatic carbocycles. The van der Waals surface area contributed by atoms with Crippen molar-refractivity contribution in [1.29, 1.82) is 0 Å². The number of methoxy groups -OCH3 is 1. The van der Waals surface area contributed by atoms with Gasteiger partial charge in [0, 0.05) is 11.6 Å². The third-order valence-corrected chi connectivity index (χ3v) is 2.83. The van der Waals surface area contributed by atoms with Crippen LogP contribution in [0.15, 0.2) is 66.9 Å². The minimum Gasteiger partial charge on any atom is -0.497 e. The summed E-state index contributed by atoms with van der Waals surface area (Å²) >= 11 is 0. The fourth-order valence-electron chi connectivity index (χ4n) is 1.77. The van der Waals surface area contributed by atoms with Crippen LogP contribution in [0.25, 0.3) is 10.9 Å². The van der Waals surface area contributed by atoms with Crippen molar-refractivity contribution in [3.05, 3.63) is 72.4 Å². The van der Waals surface area contributed by atoms with Crippen LogP contribution in [0, 0.1) is 0 Å². The maximum absolute atomic E-state index is 10.4. The van der Waals surface area contributed by atoms with Gasteiger partial charge in [-0.25, -0.2) is 4.79 Å². The van der Waals surface area contributed by atoms with Crippen LogP contribution < -0.4 is 4.74 Å². The summed E-state index contributed by atoms with van der Waals surface area (Å²) < 4.78 is 4.84. The number of nitrogens with zero attached hydrogens (tertiary/aromatic N) is 1. The van der Waals surface area contributed by atoms with Crippen LogP contribution in [0.4, 0.5) is 0 Å². The van der Waals surface area contributed by atoms with E-state index in [0.29, 0.717) is 5.75 Å². The van der Waals surface area contributed by atoms with E-state index in [2.05, 4.69) is 17.1 Å². The molecule has 0 unspecified atom stereocenters. The number of rotatable bonds is 2. The number of ether oxygens (including phenoxy) is 1. The summed E-state index contributed by atoms with van der Waals surface area (Å²) in [5.41, 5.74) is 1.30. The number of hydrogen-bond acceptors (Lipinski definition) is 3. The smallest absolute Gasteiger partial charge is 0.335 e. The van der Waals surface area contributed by atoms with Crippen molar-refractivity contribution in [3.63, 3.8) is 0 Å². The summed E-state index contributed by atoms with van der Waals surface area (Å²) in [5, 5.41) is 9.75. The minimum absolute atomic E-state index is 0.240. The highest BCUT2D eigenvalue weighted by molar-refractivity contribution is 5.88. The number of carboxylic acid groups (broad SMARTS) is 1. The van der Waals surface area contributed by atoms with Crippen molar-refractivity contribution < 1.29 is 14.6 Å². The Hall–Kier alpha value is -2.88. The monoisotopic (exact) mass is 281 g/mol. The molecular formula is C17H15NO3. The van der Waals surface area contributed by atoms with Gasteiger partial charge < -0.3 is 9.84 Å². The molecule has 0 saturated carbocycles. The minimum atomic E-state index is -0.941. The van der Waals surface area contributed by atoms with Gasteiger partial charge >= 0.3 is 5.97 Å². The van der Waals surface area contributed by atoms with Crippen molar-refractivity contribution in [2.75, 3.05) is 7.11 Å². The Kier molecular flexibility index (Phi) is 4.88. The summed E-state index contributed by atoms with van der Waals surface area (Å²) in [4.78, 5) is 14.6. The van der Waals surface area contributed by atoms with Crippen LogP contribution in [0.1, 0.15) is 10.4 Å². The summed E-state index contributed by atoms with van der Waals surface area (Å²) in [6.45, 7) is 0. The van der Waals surface area contributed by atoms with E-state index in [4.69, 9.17) is 9.84 Å². The average molecular weight is 281 g/mol. The van der Waals surface area contributed by atoms with E-state index < -0.39 is 5.97 Å². The molecule has 0 aliphatic heterocycles. The topological polar surface area (TPSA) is 59.4 Å². The Balaban J connectivity index is 0.000000154. The lowest BCUT2D eigenvalue weighted by molar-refractivity contribution is 0.0696. The molecule has 0 fully saturated rings. The molecule has 0 radical (unpaired) electrons. The first-order chi connectivity index (χ1) is 10.2. The molecule has 21 heavy (non-hydrogen) atoms. The first kappa shape index (κ1) is 14.5. The van der Waals surface area contributed by atoms with E-state index in [-0.39, 0.29) is 5.56 Å². The Bertz CT molecular complexity index is 675. The number of pyridine rings is 1. The number of benzene rings is 2. The van der Waals surface area contributed by atoms with Gasteiger partial charge in [-0.3, -0.25) is 4.98 Å². The van der Waals surface area contributed by atoms with E-state index in [0.717, 1.165) is 5.52 Å². The highest BCUT2D eigenvalue weighted by atomic mass is 16.5. The molecule has 1 N–H and O–H groups in total. The van der Waals surface area contributed by atoms with Gasteiger partial charge in [-0.1, -0.05) is 30.3 Å². The third kappa shape index (κ3) is 4.04. The van der Waals surface area contributed by atoms with Gasteiger partial charge in [0.15, 0.2) is 0 Å². The van der Waals surface area contributed by atoms with Gasteiger partial charge in [-0.15, -0.1) is 0 Å². The lowest BCUT2D eigenvalue weighted by Gasteiger charge is -1.98. The van der Waals surface area contributed by atoms with Crippen molar-refractivity contribution in [2.45, 2.75) is 0 Å². The zero-order chi connectivity index (χ0) is 15.1. The fourth-order valence-corrected chi connectivity index (χ4v) is 1.77. The van der Waals surface area contributed by atoms with Gasteiger partial charge in [0.2, 0.25) is 0 Å². The van der Waals surface area contributed by atoms with Crippen LogP contribution in [0.2, 0.25) is 0 Å². The predicted molar refractivity (Wildman–Crippen MR) is 81.7 cm³/mol. The van der Waals surface area contributed by atoms with Crippen LogP contribution in [-0.4, -0.2) is 23.2 Å². The molecule has 4 heteroatoms. The van der Waals surface area contributed by atoms with Crippen LogP contribution in [0.3, 0.4) is 0 Å². The summed E-state index contributed by atoms with van der Waals surface area (Å²) in [6.07, 6.45) is 1.81. The molecule has 0 saturated heterocycles. The molecule has 2 aromatic carbocycles. The lowest BCUT2D eigenvalue weighted by Crippen LogP contribution is -1.95. The maximum Gasteiger partial charge on any atom is 0.335 e. The molecule has 0 bridgehead atoms. The van der Waals surface area contributed by atoms with Crippen molar-refractivity contribution in [2.24, 2.45) is 0 Å². The predicted octanol–water partition coefficient (Wildman–Crippen LogP) is 3.63. The highest BCUT2D eigenvalue weighted by Crippen LogP contribution is 2.11. The third-order valence-electron chi connectivity index (χ3n) is 2.83. The van der Waals surface area contributed by atoms with Crippen LogP contribution in [-0.2, 0) is 0 Å². The maximum atomic E-state index is 10.4. The number of carboxylic acids is 1. The van der Waals surface area contributed by atoms with Crippen LogP contribution in [0.5, 0.6) is 5.75 Å². The molecule has 4 nitrogen and oxygen atoms in total. The van der Waals surface area contributed by atoms with E-state index in [1.54, 1.807) is 12.1 Å². The number of aromatic carboxylic acids is 1. The second-order valence-corrected chi connectivity index (χ2v) is 4.23. The number of carbonyl (C=O) groups is 1. The summed E-state index contributed by atoms with van der Waals surface area (Å²) in [7, 11) is 1.50. The quantitative estimate of drug-likeness (QED) is 0.779. The molecule has 0 atom stereocenters. The number of aromatic nitrogens is 1. The fraction of sp³-hybridized carbons (Fsp3) is 0.0588. The number of para-hydroxylation sites is 1. The molecule has 0 aliphatic rings. The van der Waals surface area contributed by atoms with E-state index in [9.17, 15) is 4.79 Å². The van der Waals surface area contributed by atoms with Crippen molar-refractivity contribution in [1.82, 2.24) is 4.98 Å². The Morgan fingerprint density at radius 3 is 2.52 bits per heavy atom. The Morgan fingerprint density at radius 2 is 1.81 bits per heavy atom. The molecule has 1 heterocycles. The molecule has 3 rings (SSSR count). The second kappa shape index (κ2) is 7.05. The van der Waals surface area contributed by atoms with Crippen molar-refractivity contribution in [3.8, 4) is 5.75 Å². The number of hydrogen-bond donors (Lipinski definition) is 1. The SMILES string of the molecule is COc1cccc(C(=O)O)c1.c1ccc2ncccc2c1. The molecular weight excluding hydrogens is 266 g/mol. The number of fused-ring (bicyclic) bond motifs is 1. The van der Waals surface area contributed by atoms with Gasteiger partial charge in [-0.2, -0.15) is 0 Å². The second-order valence-electron chi connectivity index (χ2n) is 4.23. The summed E-state index contributed by atoms with van der Waals surface area (Å²) in [6, 6.07) is 18.4. The summed E-state index contributed by atoms with van der Waals surface area (Å²) in [5.74, 6) is -0.381. The normalized spacial score (nSPS) is 9.57. The van der Waals surface area contributed by atoms with Crippen molar-refractivity contribution >= 4 is 16.9 Å². The van der Waals surface area contributed by atoms with Crippen LogP contribution >= 0.6 is 0 Å². The molecule has 3 aromatic rings. The van der Waals surface area contributed by atoms with E-state index in [1.807, 2.05) is 30.5 Å². The zero-order valence-electron chi connectivity index (χ0n) is 11.6. The van der Waals surface area contributed by atoms with Gasteiger partial charge in [-0.05, 0) is 30.3 Å². The standard InChI is InChI=1S/C9H7N.C8H8O3/c1-2-6-9-8(4-1)5-3-7-10-9;1-11-7-4-2-3-6(5-7)8(9)10/h1-7H;2-5H,1H3,(H,9,10). The van der Waals surface area contributed by atoms with Gasteiger partial charge in [0.1, 0.15) is 5.75 Å². The Labute approximate surface area is 122 Å². The van der Waals surface area contributed by atoms with E-state index >= 15 is 0 Å².